The first-order valence-corrected chi connectivity index (χ1v) is 20.1. The molecule has 0 amide bonds. The molecule has 0 atom stereocenters. The van der Waals surface area contributed by atoms with Crippen LogP contribution in [0.3, 0.4) is 0 Å². The molecule has 3 heterocycles. The Morgan fingerprint density at radius 3 is 2.02 bits per heavy atom. The van der Waals surface area contributed by atoms with Crippen LogP contribution in [0.25, 0.3) is 72.3 Å². The van der Waals surface area contributed by atoms with E-state index in [-0.39, 0.29) is 26.5 Å². The van der Waals surface area contributed by atoms with Crippen LogP contribution in [0.4, 0.5) is 0 Å². The van der Waals surface area contributed by atoms with Crippen molar-refractivity contribution >= 4 is 32.8 Å². The number of para-hydroxylation sites is 3. The van der Waals surface area contributed by atoms with Gasteiger partial charge >= 0.3 is 0 Å². The summed E-state index contributed by atoms with van der Waals surface area (Å²) in [6.45, 7) is 8.95. The van der Waals surface area contributed by atoms with Crippen LogP contribution < -0.4 is 9.30 Å². The first-order valence-electron chi connectivity index (χ1n) is 20.1. The fourth-order valence-electron chi connectivity index (χ4n) is 8.37. The van der Waals surface area contributed by atoms with Crippen molar-refractivity contribution in [3.05, 3.63) is 200 Å². The van der Waals surface area contributed by atoms with Gasteiger partial charge in [-0.05, 0) is 81.4 Å². The molecule has 0 aliphatic rings. The van der Waals surface area contributed by atoms with Crippen LogP contribution in [-0.4, -0.2) is 14.1 Å². The summed E-state index contributed by atoms with van der Waals surface area (Å²) in [6, 6.07) is 64.2. The molecule has 296 valence electrons. The molecule has 3 aromatic heterocycles. The van der Waals surface area contributed by atoms with Gasteiger partial charge in [0.2, 0.25) is 0 Å². The van der Waals surface area contributed by atoms with Crippen LogP contribution >= 0.6 is 0 Å². The zero-order valence-corrected chi connectivity index (χ0v) is 36.2. The van der Waals surface area contributed by atoms with Crippen LogP contribution in [-0.2, 0) is 27.5 Å². The van der Waals surface area contributed by atoms with Crippen molar-refractivity contribution in [3.8, 4) is 50.9 Å². The molecule has 10 aromatic rings. The number of hydrogen-bond acceptors (Lipinski definition) is 2. The SMILES string of the molecule is Cc1cccc2c1[n+](-c1c(-c3ccccc3)cccc1-c1ccccc1)[c-]n2-c1[c-]c(Oc2[c-]c3c(cc2)c2ccccc2n3-c2cc(CC(C)(C)C)ccn2)ccc1.[Pt]. The minimum Gasteiger partial charge on any atom is -0.510 e. The molecule has 10 rings (SSSR count). The van der Waals surface area contributed by atoms with Gasteiger partial charge in [-0.2, -0.15) is 18.2 Å². The van der Waals surface area contributed by atoms with Crippen LogP contribution in [0.15, 0.2) is 170 Å². The molecule has 6 heteroatoms. The summed E-state index contributed by atoms with van der Waals surface area (Å²) in [4.78, 5) is 4.86. The molecule has 0 N–H and O–H groups in total. The first kappa shape index (κ1) is 38.9. The molecule has 60 heavy (non-hydrogen) atoms. The molecule has 0 aliphatic heterocycles. The Labute approximate surface area is 365 Å². The zero-order chi connectivity index (χ0) is 40.1. The molecule has 0 radical (unpaired) electrons. The Morgan fingerprint density at radius 2 is 1.28 bits per heavy atom. The van der Waals surface area contributed by atoms with Gasteiger partial charge in [-0.1, -0.05) is 142 Å². The number of rotatable bonds is 8. The third-order valence-electron chi connectivity index (χ3n) is 10.9. The van der Waals surface area contributed by atoms with Crippen molar-refractivity contribution in [2.45, 2.75) is 34.1 Å². The van der Waals surface area contributed by atoms with Crippen LogP contribution in [0.2, 0.25) is 0 Å². The minimum absolute atomic E-state index is 0. The van der Waals surface area contributed by atoms with Gasteiger partial charge < -0.3 is 13.9 Å². The number of imidazole rings is 1. The van der Waals surface area contributed by atoms with E-state index in [0.29, 0.717) is 11.5 Å². The summed E-state index contributed by atoms with van der Waals surface area (Å²) >= 11 is 0. The zero-order valence-electron chi connectivity index (χ0n) is 33.9. The topological polar surface area (TPSA) is 35.9 Å². The van der Waals surface area contributed by atoms with E-state index < -0.39 is 0 Å². The number of hydrogen-bond donors (Lipinski definition) is 0. The van der Waals surface area contributed by atoms with E-state index in [1.807, 2.05) is 24.4 Å². The molecular weight excluding hydrogens is 916 g/mol. The van der Waals surface area contributed by atoms with Gasteiger partial charge in [0.15, 0.2) is 0 Å². The van der Waals surface area contributed by atoms with E-state index in [4.69, 9.17) is 9.72 Å². The monoisotopic (exact) mass is 957 g/mol. The number of aromatic nitrogens is 4. The van der Waals surface area contributed by atoms with Gasteiger partial charge in [-0.25, -0.2) is 4.98 Å². The van der Waals surface area contributed by atoms with E-state index in [2.05, 4.69) is 205 Å². The van der Waals surface area contributed by atoms with Crippen molar-refractivity contribution in [2.24, 2.45) is 5.41 Å². The second kappa shape index (κ2) is 15.9. The minimum atomic E-state index is 0. The maximum atomic E-state index is 6.63. The van der Waals surface area contributed by atoms with E-state index >= 15 is 0 Å². The van der Waals surface area contributed by atoms with Crippen molar-refractivity contribution in [1.29, 1.82) is 0 Å². The Morgan fingerprint density at radius 1 is 0.633 bits per heavy atom. The van der Waals surface area contributed by atoms with Crippen molar-refractivity contribution in [3.63, 3.8) is 0 Å². The Bertz CT molecular complexity index is 3100. The van der Waals surface area contributed by atoms with Gasteiger partial charge in [0.1, 0.15) is 5.82 Å². The third-order valence-corrected chi connectivity index (χ3v) is 10.9. The number of fused-ring (bicyclic) bond motifs is 4. The maximum absolute atomic E-state index is 6.63. The normalized spacial score (nSPS) is 11.6. The molecule has 0 fully saturated rings. The summed E-state index contributed by atoms with van der Waals surface area (Å²) < 4.78 is 13.1. The molecule has 0 unspecified atom stereocenters. The van der Waals surface area contributed by atoms with E-state index in [1.54, 1.807) is 0 Å². The standard InChI is InChI=1S/C54H42N4O.Pt/c1-37-16-13-27-49-52(37)57(53-44(39-17-7-5-8-18-39)24-15-25-45(53)40-19-9-6-10-20-40)36-56(49)41-21-14-22-42(33-41)59-43-28-29-47-46-23-11-12-26-48(46)58(50(47)34-43)51-32-38(30-31-55-51)35-54(2,3)4;/h5-32H,35H2,1-4H3;/q-2;. The largest absolute Gasteiger partial charge is 0.510 e. The first-order chi connectivity index (χ1) is 28.8. The van der Waals surface area contributed by atoms with Crippen molar-refractivity contribution in [1.82, 2.24) is 14.1 Å². The molecule has 7 aromatic carbocycles. The summed E-state index contributed by atoms with van der Waals surface area (Å²) in [5, 5.41) is 2.23. The van der Waals surface area contributed by atoms with E-state index in [0.717, 1.165) is 84.3 Å². The molecular formula is C54H42N4OPt-2. The summed E-state index contributed by atoms with van der Waals surface area (Å²) in [7, 11) is 0. The van der Waals surface area contributed by atoms with Crippen molar-refractivity contribution < 1.29 is 30.4 Å². The maximum Gasteiger partial charge on any atom is 0.268 e. The molecule has 5 nitrogen and oxygen atoms in total. The predicted molar refractivity (Wildman–Crippen MR) is 239 cm³/mol. The second-order valence-corrected chi connectivity index (χ2v) is 16.3. The number of pyridine rings is 1. The average molecular weight is 958 g/mol. The number of aryl methyl sites for hydroxylation is 1. The van der Waals surface area contributed by atoms with Gasteiger partial charge in [-0.15, -0.1) is 29.7 Å². The van der Waals surface area contributed by atoms with Gasteiger partial charge in [0.25, 0.3) is 6.33 Å². The fourth-order valence-corrected chi connectivity index (χ4v) is 8.37. The van der Waals surface area contributed by atoms with Gasteiger partial charge in [0.05, 0.1) is 16.7 Å². The average Bonchev–Trinajstić information content (AvgIpc) is 3.80. The van der Waals surface area contributed by atoms with Gasteiger partial charge in [-0.3, -0.25) is 4.57 Å². The number of benzene rings is 7. The van der Waals surface area contributed by atoms with E-state index in [9.17, 15) is 0 Å². The smallest absolute Gasteiger partial charge is 0.268 e. The molecule has 0 aliphatic carbocycles. The van der Waals surface area contributed by atoms with Crippen LogP contribution in [0, 0.1) is 30.8 Å². The Hall–Kier alpha value is -6.55. The quantitative estimate of drug-likeness (QED) is 0.112. The fraction of sp³-hybridized carbons (Fsp3) is 0.111. The number of nitrogens with zero attached hydrogens (tertiary/aromatic N) is 4. The van der Waals surface area contributed by atoms with Crippen LogP contribution in [0.1, 0.15) is 31.9 Å². The predicted octanol–water partition coefficient (Wildman–Crippen LogP) is 12.8. The third kappa shape index (κ3) is 7.24. The summed E-state index contributed by atoms with van der Waals surface area (Å²) in [5.41, 5.74) is 13.0. The Kier molecular flexibility index (Phi) is 10.3. The molecule has 0 saturated heterocycles. The Balaban J connectivity index is 0.00000462. The second-order valence-electron chi connectivity index (χ2n) is 16.3. The molecule has 0 bridgehead atoms. The summed E-state index contributed by atoms with van der Waals surface area (Å²) in [5.74, 6) is 2.04. The molecule has 0 spiro atoms. The van der Waals surface area contributed by atoms with E-state index in [1.165, 1.54) is 5.56 Å². The van der Waals surface area contributed by atoms with Gasteiger partial charge in [0, 0.05) is 44.3 Å². The number of ether oxygens (including phenoxy) is 1. The molecule has 0 saturated carbocycles. The summed E-state index contributed by atoms with van der Waals surface area (Å²) in [6.07, 6.45) is 6.65. The van der Waals surface area contributed by atoms with Crippen molar-refractivity contribution in [2.75, 3.05) is 0 Å². The van der Waals surface area contributed by atoms with Crippen LogP contribution in [0.5, 0.6) is 11.5 Å².